The molecule has 6 heteroatoms. The molecule has 0 fully saturated rings. The molecule has 1 aromatic carbocycles. The van der Waals surface area contributed by atoms with Gasteiger partial charge in [-0.1, -0.05) is 45.9 Å². The van der Waals surface area contributed by atoms with E-state index in [-0.39, 0.29) is 0 Å². The summed E-state index contributed by atoms with van der Waals surface area (Å²) in [5.41, 5.74) is 5.86. The van der Waals surface area contributed by atoms with Crippen molar-refractivity contribution in [3.8, 4) is 17.1 Å². The van der Waals surface area contributed by atoms with Gasteiger partial charge in [-0.25, -0.2) is 9.97 Å². The van der Waals surface area contributed by atoms with Crippen molar-refractivity contribution in [2.24, 2.45) is 0 Å². The maximum absolute atomic E-state index is 5.51. The van der Waals surface area contributed by atoms with Gasteiger partial charge in [0.2, 0.25) is 5.71 Å². The molecule has 0 aliphatic carbocycles. The van der Waals surface area contributed by atoms with Crippen molar-refractivity contribution in [1.82, 2.24) is 24.7 Å². The summed E-state index contributed by atoms with van der Waals surface area (Å²) in [6.07, 6.45) is 1.78. The average molecular weight is 375 g/mol. The van der Waals surface area contributed by atoms with E-state index < -0.39 is 0 Å². The van der Waals surface area contributed by atoms with Crippen LogP contribution < -0.4 is 0 Å². The Kier molecular flexibility index (Phi) is 4.49. The Hall–Kier alpha value is -3.02. The van der Waals surface area contributed by atoms with E-state index >= 15 is 0 Å². The van der Waals surface area contributed by atoms with Crippen molar-refractivity contribution >= 4 is 11.2 Å². The molecule has 0 unspecified atom stereocenters. The van der Waals surface area contributed by atoms with Crippen LogP contribution in [0.3, 0.4) is 0 Å². The quantitative estimate of drug-likeness (QED) is 0.482. The van der Waals surface area contributed by atoms with E-state index in [0.717, 1.165) is 22.7 Å². The molecular formula is C22H25N5O. The maximum atomic E-state index is 5.51. The lowest BCUT2D eigenvalue weighted by Gasteiger charge is -2.22. The summed E-state index contributed by atoms with van der Waals surface area (Å²) in [7, 11) is 0. The molecule has 0 N–H and O–H groups in total. The highest BCUT2D eigenvalue weighted by Gasteiger charge is 2.22. The molecule has 3 aromatic heterocycles. The van der Waals surface area contributed by atoms with Crippen LogP contribution in [0.1, 0.15) is 62.4 Å². The Labute approximate surface area is 164 Å². The topological polar surface area (TPSA) is 69.6 Å². The summed E-state index contributed by atoms with van der Waals surface area (Å²) >= 11 is 0. The zero-order valence-electron chi connectivity index (χ0n) is 17.2. The largest absolute Gasteiger partial charge is 0.423 e. The molecule has 144 valence electrons. The minimum Gasteiger partial charge on any atom is -0.423 e. The standard InChI is InChI=1S/C22H25N5O/c1-12(2)17-8-7-9-18(13(3)4)20(17)27-14(5)25-26-21(27)16-10-19-22(23-11-16)28-15(6)24-19/h7-13H,1-6H3. The van der Waals surface area contributed by atoms with E-state index in [4.69, 9.17) is 4.42 Å². The predicted molar refractivity (Wildman–Crippen MR) is 110 cm³/mol. The van der Waals surface area contributed by atoms with Crippen molar-refractivity contribution in [1.29, 1.82) is 0 Å². The first-order valence-corrected chi connectivity index (χ1v) is 9.65. The van der Waals surface area contributed by atoms with Crippen LogP contribution in [-0.4, -0.2) is 24.7 Å². The number of oxazole rings is 1. The average Bonchev–Trinajstić information content (AvgIpc) is 3.21. The Morgan fingerprint density at radius 3 is 2.29 bits per heavy atom. The zero-order valence-corrected chi connectivity index (χ0v) is 17.2. The van der Waals surface area contributed by atoms with E-state index in [1.807, 2.05) is 19.9 Å². The minimum atomic E-state index is 0.377. The van der Waals surface area contributed by atoms with Crippen molar-refractivity contribution in [3.05, 3.63) is 53.3 Å². The first-order valence-electron chi connectivity index (χ1n) is 9.65. The molecule has 0 saturated carbocycles. The number of fused-ring (bicyclic) bond motifs is 1. The minimum absolute atomic E-state index is 0.377. The van der Waals surface area contributed by atoms with E-state index in [1.54, 1.807) is 6.20 Å². The molecule has 0 bridgehead atoms. The van der Waals surface area contributed by atoms with Gasteiger partial charge in [0.15, 0.2) is 11.7 Å². The highest BCUT2D eigenvalue weighted by molar-refractivity contribution is 5.75. The second kappa shape index (κ2) is 6.86. The molecule has 0 radical (unpaired) electrons. The second-order valence-corrected chi connectivity index (χ2v) is 7.78. The normalized spacial score (nSPS) is 11.9. The van der Waals surface area contributed by atoms with Crippen LogP contribution >= 0.6 is 0 Å². The third-order valence-electron chi connectivity index (χ3n) is 5.00. The SMILES string of the molecule is Cc1nc2cc(-c3nnc(C)n3-c3c(C(C)C)cccc3C(C)C)cnc2o1. The third kappa shape index (κ3) is 2.99. The number of rotatable bonds is 4. The van der Waals surface area contributed by atoms with Crippen LogP contribution in [0.15, 0.2) is 34.9 Å². The van der Waals surface area contributed by atoms with Gasteiger partial charge >= 0.3 is 0 Å². The highest BCUT2D eigenvalue weighted by atomic mass is 16.4. The molecular weight excluding hydrogens is 350 g/mol. The van der Waals surface area contributed by atoms with Gasteiger partial charge in [0.25, 0.3) is 0 Å². The lowest BCUT2D eigenvalue weighted by molar-refractivity contribution is 0.551. The first kappa shape index (κ1) is 18.3. The fraction of sp³-hybridized carbons (Fsp3) is 0.364. The number of para-hydroxylation sites is 1. The molecule has 4 rings (SSSR count). The van der Waals surface area contributed by atoms with Crippen LogP contribution in [-0.2, 0) is 0 Å². The van der Waals surface area contributed by atoms with Crippen molar-refractivity contribution in [2.75, 3.05) is 0 Å². The Bertz CT molecular complexity index is 1130. The van der Waals surface area contributed by atoms with Crippen molar-refractivity contribution < 1.29 is 4.42 Å². The smallest absolute Gasteiger partial charge is 0.246 e. The number of aryl methyl sites for hydroxylation is 2. The van der Waals surface area contributed by atoms with E-state index in [1.165, 1.54) is 16.8 Å². The van der Waals surface area contributed by atoms with Gasteiger partial charge in [-0.2, -0.15) is 0 Å². The Morgan fingerprint density at radius 1 is 0.964 bits per heavy atom. The van der Waals surface area contributed by atoms with Gasteiger partial charge in [-0.05, 0) is 36.0 Å². The van der Waals surface area contributed by atoms with Crippen molar-refractivity contribution in [3.63, 3.8) is 0 Å². The molecule has 3 heterocycles. The molecule has 0 aliphatic heterocycles. The zero-order chi connectivity index (χ0) is 20.0. The maximum Gasteiger partial charge on any atom is 0.246 e. The molecule has 0 amide bonds. The van der Waals surface area contributed by atoms with E-state index in [9.17, 15) is 0 Å². The van der Waals surface area contributed by atoms with E-state index in [2.05, 4.69) is 70.6 Å². The highest BCUT2D eigenvalue weighted by Crippen LogP contribution is 2.34. The molecule has 0 saturated heterocycles. The lowest BCUT2D eigenvalue weighted by Crippen LogP contribution is -2.10. The van der Waals surface area contributed by atoms with Crippen molar-refractivity contribution in [2.45, 2.75) is 53.4 Å². The van der Waals surface area contributed by atoms with Crippen LogP contribution in [0.25, 0.3) is 28.3 Å². The summed E-state index contributed by atoms with van der Waals surface area (Å²) in [6.45, 7) is 12.7. The fourth-order valence-corrected chi connectivity index (χ4v) is 3.64. The number of nitrogens with zero attached hydrogens (tertiary/aromatic N) is 5. The van der Waals surface area contributed by atoms with Gasteiger partial charge in [-0.15, -0.1) is 10.2 Å². The van der Waals surface area contributed by atoms with Crippen LogP contribution in [0.5, 0.6) is 0 Å². The summed E-state index contributed by atoms with van der Waals surface area (Å²) in [5.74, 6) is 2.97. The molecule has 28 heavy (non-hydrogen) atoms. The van der Waals surface area contributed by atoms with Gasteiger partial charge < -0.3 is 4.42 Å². The Morgan fingerprint density at radius 2 is 1.64 bits per heavy atom. The first-order chi connectivity index (χ1) is 13.4. The third-order valence-corrected chi connectivity index (χ3v) is 5.00. The van der Waals surface area contributed by atoms with Crippen LogP contribution in [0, 0.1) is 13.8 Å². The number of pyridine rings is 1. The number of hydrogen-bond donors (Lipinski definition) is 0. The summed E-state index contributed by atoms with van der Waals surface area (Å²) < 4.78 is 7.67. The lowest BCUT2D eigenvalue weighted by atomic mass is 9.92. The number of hydrogen-bond acceptors (Lipinski definition) is 5. The number of benzene rings is 1. The fourth-order valence-electron chi connectivity index (χ4n) is 3.64. The second-order valence-electron chi connectivity index (χ2n) is 7.78. The van der Waals surface area contributed by atoms with Crippen LogP contribution in [0.4, 0.5) is 0 Å². The Balaban J connectivity index is 1.99. The molecule has 0 spiro atoms. The van der Waals surface area contributed by atoms with Gasteiger partial charge in [0.05, 0.1) is 5.69 Å². The van der Waals surface area contributed by atoms with Gasteiger partial charge in [-0.3, -0.25) is 4.57 Å². The van der Waals surface area contributed by atoms with Crippen LogP contribution in [0.2, 0.25) is 0 Å². The van der Waals surface area contributed by atoms with Gasteiger partial charge in [0.1, 0.15) is 11.3 Å². The summed E-state index contributed by atoms with van der Waals surface area (Å²) in [6, 6.07) is 8.49. The number of aromatic nitrogens is 5. The van der Waals surface area contributed by atoms with E-state index in [0.29, 0.717) is 23.4 Å². The molecule has 0 aliphatic rings. The summed E-state index contributed by atoms with van der Waals surface area (Å²) in [4.78, 5) is 8.84. The van der Waals surface area contributed by atoms with Gasteiger partial charge in [0, 0.05) is 18.7 Å². The molecule has 0 atom stereocenters. The monoisotopic (exact) mass is 375 g/mol. The molecule has 6 nitrogen and oxygen atoms in total. The predicted octanol–water partition coefficient (Wildman–Crippen LogP) is 5.33. The molecule has 4 aromatic rings. The summed E-state index contributed by atoms with van der Waals surface area (Å²) in [5, 5.41) is 8.89.